The molecule has 0 atom stereocenters. The Kier molecular flexibility index (Phi) is 3.28. The lowest BCUT2D eigenvalue weighted by molar-refractivity contribution is -0.168. The minimum Gasteiger partial charge on any atom is -0.357 e. The largest absolute Gasteiger partial charge is 0.410 e. The Labute approximate surface area is 94.0 Å². The Balaban J connectivity index is 2.82. The summed E-state index contributed by atoms with van der Waals surface area (Å²) in [5, 5.41) is 2.33. The molecule has 2 nitrogen and oxygen atoms in total. The van der Waals surface area contributed by atoms with Gasteiger partial charge in [-0.3, -0.25) is 0 Å². The van der Waals surface area contributed by atoms with Crippen LogP contribution in [-0.4, -0.2) is 16.7 Å². The van der Waals surface area contributed by atoms with Crippen LogP contribution in [-0.2, 0) is 0 Å². The quantitative estimate of drug-likeness (QED) is 0.897. The molecule has 1 aromatic heterocycles. The van der Waals surface area contributed by atoms with Gasteiger partial charge in [0.2, 0.25) is 0 Å². The van der Waals surface area contributed by atoms with Crippen molar-refractivity contribution in [2.75, 3.05) is 5.32 Å². The van der Waals surface area contributed by atoms with Gasteiger partial charge in [-0.15, -0.1) is 0 Å². The number of rotatable bonds is 2. The fourth-order valence-corrected chi connectivity index (χ4v) is 1.08. The number of nitrogens with one attached hydrogen (secondary N) is 1. The van der Waals surface area contributed by atoms with Crippen molar-refractivity contribution >= 4 is 21.7 Å². The molecule has 1 N–H and O–H groups in total. The molecular formula is C9H10BrF3N2. The molecule has 0 aliphatic heterocycles. The third kappa shape index (κ3) is 3.09. The number of hydrogen-bond acceptors (Lipinski definition) is 2. The predicted octanol–water partition coefficient (Wildman–Crippen LogP) is 3.60. The summed E-state index contributed by atoms with van der Waals surface area (Å²) < 4.78 is 38.2. The van der Waals surface area contributed by atoms with E-state index in [0.29, 0.717) is 0 Å². The molecule has 0 saturated carbocycles. The SMILES string of the molecule is CC(C)(Nc1ccc(Br)cn1)C(F)(F)F. The van der Waals surface area contributed by atoms with Gasteiger partial charge in [-0.25, -0.2) is 4.98 Å². The minimum absolute atomic E-state index is 0.195. The van der Waals surface area contributed by atoms with E-state index in [1.807, 2.05) is 0 Å². The molecule has 0 bridgehead atoms. The van der Waals surface area contributed by atoms with Crippen molar-refractivity contribution in [3.05, 3.63) is 22.8 Å². The second-order valence-electron chi connectivity index (χ2n) is 3.61. The van der Waals surface area contributed by atoms with Crippen molar-refractivity contribution in [3.63, 3.8) is 0 Å². The summed E-state index contributed by atoms with van der Waals surface area (Å²) in [5.41, 5.74) is -1.99. The number of alkyl halides is 3. The number of anilines is 1. The highest BCUT2D eigenvalue weighted by molar-refractivity contribution is 9.10. The van der Waals surface area contributed by atoms with Crippen molar-refractivity contribution in [1.82, 2.24) is 4.98 Å². The maximum atomic E-state index is 12.5. The number of hydrogen-bond donors (Lipinski definition) is 1. The predicted molar refractivity (Wildman–Crippen MR) is 55.7 cm³/mol. The molecule has 0 saturated heterocycles. The van der Waals surface area contributed by atoms with Gasteiger partial charge in [0.05, 0.1) is 0 Å². The molecule has 84 valence electrons. The van der Waals surface area contributed by atoms with Crippen LogP contribution in [0.25, 0.3) is 0 Å². The molecule has 1 aromatic rings. The van der Waals surface area contributed by atoms with Gasteiger partial charge in [-0.05, 0) is 41.9 Å². The Morgan fingerprint density at radius 1 is 1.27 bits per heavy atom. The van der Waals surface area contributed by atoms with Crippen LogP contribution < -0.4 is 5.32 Å². The van der Waals surface area contributed by atoms with E-state index in [9.17, 15) is 13.2 Å². The smallest absolute Gasteiger partial charge is 0.357 e. The molecule has 0 aliphatic rings. The summed E-state index contributed by atoms with van der Waals surface area (Å²) in [6.07, 6.45) is -2.88. The van der Waals surface area contributed by atoms with Crippen LogP contribution in [0.1, 0.15) is 13.8 Å². The molecule has 0 fully saturated rings. The molecule has 15 heavy (non-hydrogen) atoms. The molecular weight excluding hydrogens is 273 g/mol. The van der Waals surface area contributed by atoms with E-state index in [0.717, 1.165) is 18.3 Å². The van der Waals surface area contributed by atoms with Gasteiger partial charge in [0.1, 0.15) is 11.4 Å². The molecule has 1 heterocycles. The minimum atomic E-state index is -4.32. The molecule has 0 spiro atoms. The Morgan fingerprint density at radius 2 is 1.87 bits per heavy atom. The summed E-state index contributed by atoms with van der Waals surface area (Å²) in [5.74, 6) is 0.195. The van der Waals surface area contributed by atoms with Crippen LogP contribution >= 0.6 is 15.9 Å². The monoisotopic (exact) mass is 282 g/mol. The van der Waals surface area contributed by atoms with Crippen LogP contribution in [0, 0.1) is 0 Å². The van der Waals surface area contributed by atoms with E-state index in [1.165, 1.54) is 12.3 Å². The van der Waals surface area contributed by atoms with Gasteiger partial charge in [0.15, 0.2) is 0 Å². The van der Waals surface area contributed by atoms with Crippen LogP contribution in [0.2, 0.25) is 0 Å². The lowest BCUT2D eigenvalue weighted by atomic mass is 10.1. The van der Waals surface area contributed by atoms with E-state index in [2.05, 4.69) is 26.2 Å². The van der Waals surface area contributed by atoms with Gasteiger partial charge < -0.3 is 5.32 Å². The Morgan fingerprint density at radius 3 is 2.27 bits per heavy atom. The van der Waals surface area contributed by atoms with Gasteiger partial charge in [-0.2, -0.15) is 13.2 Å². The molecule has 0 aliphatic carbocycles. The zero-order chi connectivity index (χ0) is 11.7. The normalized spacial score (nSPS) is 12.7. The Bertz CT molecular complexity index is 332. The van der Waals surface area contributed by atoms with Crippen LogP contribution in [0.4, 0.5) is 19.0 Å². The topological polar surface area (TPSA) is 24.9 Å². The van der Waals surface area contributed by atoms with E-state index >= 15 is 0 Å². The summed E-state index contributed by atoms with van der Waals surface area (Å²) in [6, 6.07) is 3.11. The molecule has 6 heteroatoms. The van der Waals surface area contributed by atoms with Crippen molar-refractivity contribution in [2.24, 2.45) is 0 Å². The van der Waals surface area contributed by atoms with Gasteiger partial charge in [0.25, 0.3) is 0 Å². The van der Waals surface area contributed by atoms with Crippen LogP contribution in [0.5, 0.6) is 0 Å². The zero-order valence-corrected chi connectivity index (χ0v) is 9.78. The van der Waals surface area contributed by atoms with E-state index < -0.39 is 11.7 Å². The van der Waals surface area contributed by atoms with Gasteiger partial charge in [-0.1, -0.05) is 0 Å². The van der Waals surface area contributed by atoms with Crippen molar-refractivity contribution in [3.8, 4) is 0 Å². The first kappa shape index (κ1) is 12.3. The fourth-order valence-electron chi connectivity index (χ4n) is 0.841. The van der Waals surface area contributed by atoms with Gasteiger partial charge in [0, 0.05) is 10.7 Å². The van der Waals surface area contributed by atoms with E-state index in [1.54, 1.807) is 6.07 Å². The number of halogens is 4. The lowest BCUT2D eigenvalue weighted by Crippen LogP contribution is -2.46. The maximum Gasteiger partial charge on any atom is 0.410 e. The summed E-state index contributed by atoms with van der Waals surface area (Å²) in [7, 11) is 0. The summed E-state index contributed by atoms with van der Waals surface area (Å²) in [4.78, 5) is 3.82. The summed E-state index contributed by atoms with van der Waals surface area (Å²) >= 11 is 3.15. The number of nitrogens with zero attached hydrogens (tertiary/aromatic N) is 1. The fraction of sp³-hybridized carbons (Fsp3) is 0.444. The maximum absolute atomic E-state index is 12.5. The van der Waals surface area contributed by atoms with Crippen LogP contribution in [0.15, 0.2) is 22.8 Å². The first-order valence-electron chi connectivity index (χ1n) is 4.19. The van der Waals surface area contributed by atoms with E-state index in [-0.39, 0.29) is 5.82 Å². The second-order valence-corrected chi connectivity index (χ2v) is 4.53. The Hall–Kier alpha value is -0.780. The van der Waals surface area contributed by atoms with Crippen molar-refractivity contribution in [1.29, 1.82) is 0 Å². The average molecular weight is 283 g/mol. The third-order valence-electron chi connectivity index (χ3n) is 1.88. The molecule has 1 rings (SSSR count). The number of aromatic nitrogens is 1. The molecule has 0 aromatic carbocycles. The first-order chi connectivity index (χ1) is 6.72. The zero-order valence-electron chi connectivity index (χ0n) is 8.19. The highest BCUT2D eigenvalue weighted by Gasteiger charge is 2.47. The highest BCUT2D eigenvalue weighted by Crippen LogP contribution is 2.32. The molecule has 0 radical (unpaired) electrons. The van der Waals surface area contributed by atoms with E-state index in [4.69, 9.17) is 0 Å². The molecule has 0 unspecified atom stereocenters. The first-order valence-corrected chi connectivity index (χ1v) is 4.98. The molecule has 0 amide bonds. The number of pyridine rings is 1. The van der Waals surface area contributed by atoms with Crippen molar-refractivity contribution < 1.29 is 13.2 Å². The summed E-state index contributed by atoms with van der Waals surface area (Å²) in [6.45, 7) is 2.13. The second kappa shape index (κ2) is 4.00. The van der Waals surface area contributed by atoms with Crippen LogP contribution in [0.3, 0.4) is 0 Å². The lowest BCUT2D eigenvalue weighted by Gasteiger charge is -2.29. The highest BCUT2D eigenvalue weighted by atomic mass is 79.9. The standard InChI is InChI=1S/C9H10BrF3N2/c1-8(2,9(11,12)13)15-7-4-3-6(10)5-14-7/h3-5H,1-2H3,(H,14,15). The van der Waals surface area contributed by atoms with Gasteiger partial charge >= 0.3 is 6.18 Å². The van der Waals surface area contributed by atoms with Crippen molar-refractivity contribution in [2.45, 2.75) is 25.6 Å². The average Bonchev–Trinajstić information content (AvgIpc) is 2.06. The third-order valence-corrected chi connectivity index (χ3v) is 2.35.